The Balaban J connectivity index is 2.49. The van der Waals surface area contributed by atoms with E-state index in [0.29, 0.717) is 6.54 Å². The molecule has 1 rings (SSSR count). The Bertz CT molecular complexity index is 401. The minimum absolute atomic E-state index is 0.601. The number of hydrogen-bond donors (Lipinski definition) is 1. The molecule has 17 heavy (non-hydrogen) atoms. The average Bonchev–Trinajstić information content (AvgIpc) is 2.28. The summed E-state index contributed by atoms with van der Waals surface area (Å²) in [6.45, 7) is 1.35. The van der Waals surface area contributed by atoms with Crippen LogP contribution in [-0.4, -0.2) is 36.7 Å². The molecular weight excluding hydrogens is 218 g/mol. The van der Waals surface area contributed by atoms with Crippen molar-refractivity contribution in [2.45, 2.75) is 6.54 Å². The number of hydrogen-bond acceptors (Lipinski definition) is 3. The fourth-order valence-electron chi connectivity index (χ4n) is 1.48. The lowest BCUT2D eigenvalue weighted by molar-refractivity contribution is -0.131. The number of nitrogens with zero attached hydrogens (tertiary/aromatic N) is 1. The van der Waals surface area contributed by atoms with Gasteiger partial charge in [-0.15, -0.1) is 0 Å². The molecule has 0 aliphatic rings. The van der Waals surface area contributed by atoms with Crippen LogP contribution >= 0.6 is 0 Å². The van der Waals surface area contributed by atoms with Crippen LogP contribution in [-0.2, 0) is 11.3 Å². The van der Waals surface area contributed by atoms with Gasteiger partial charge in [-0.3, -0.25) is 4.90 Å². The van der Waals surface area contributed by atoms with Crippen LogP contribution in [0.4, 0.5) is 0 Å². The van der Waals surface area contributed by atoms with Crippen molar-refractivity contribution in [2.75, 3.05) is 20.7 Å². The van der Waals surface area contributed by atoms with Crippen LogP contribution in [0.5, 0.6) is 5.75 Å². The van der Waals surface area contributed by atoms with Crippen molar-refractivity contribution in [3.05, 3.63) is 42.0 Å². The Morgan fingerprint density at radius 2 is 2.29 bits per heavy atom. The molecule has 92 valence electrons. The second kappa shape index (κ2) is 6.70. The molecule has 4 nitrogen and oxygen atoms in total. The number of likely N-dealkylation sites (N-methyl/N-ethyl adjacent to an activating group) is 1. The fraction of sp³-hybridized carbons (Fsp3) is 0.308. The summed E-state index contributed by atoms with van der Waals surface area (Å²) in [5, 5.41) is 8.46. The van der Waals surface area contributed by atoms with Gasteiger partial charge in [-0.2, -0.15) is 0 Å². The normalized spacial score (nSPS) is 11.0. The molecule has 0 saturated heterocycles. The van der Waals surface area contributed by atoms with Crippen LogP contribution in [0.1, 0.15) is 5.56 Å². The largest absolute Gasteiger partial charge is 0.497 e. The second-order valence-electron chi connectivity index (χ2n) is 3.79. The minimum Gasteiger partial charge on any atom is -0.497 e. The molecule has 1 N–H and O–H groups in total. The molecule has 0 saturated carbocycles. The number of rotatable bonds is 6. The lowest BCUT2D eigenvalue weighted by atomic mass is 10.2. The SMILES string of the molecule is COc1cccc(CN(C)C/C=C/C(=O)O)c1. The van der Waals surface area contributed by atoms with Gasteiger partial charge in [0, 0.05) is 19.2 Å². The van der Waals surface area contributed by atoms with Crippen molar-refractivity contribution in [2.24, 2.45) is 0 Å². The van der Waals surface area contributed by atoms with Crippen molar-refractivity contribution in [3.63, 3.8) is 0 Å². The van der Waals surface area contributed by atoms with Gasteiger partial charge in [-0.25, -0.2) is 4.79 Å². The molecule has 0 unspecified atom stereocenters. The molecule has 0 radical (unpaired) electrons. The monoisotopic (exact) mass is 235 g/mol. The van der Waals surface area contributed by atoms with Crippen molar-refractivity contribution in [1.29, 1.82) is 0 Å². The van der Waals surface area contributed by atoms with Gasteiger partial charge in [0.05, 0.1) is 7.11 Å². The Labute approximate surface area is 101 Å². The maximum Gasteiger partial charge on any atom is 0.328 e. The number of benzene rings is 1. The lowest BCUT2D eigenvalue weighted by Gasteiger charge is -2.14. The summed E-state index contributed by atoms with van der Waals surface area (Å²) >= 11 is 0. The van der Waals surface area contributed by atoms with Crippen molar-refractivity contribution in [3.8, 4) is 5.75 Å². The highest BCUT2D eigenvalue weighted by Gasteiger charge is 2.00. The number of methoxy groups -OCH3 is 1. The fourth-order valence-corrected chi connectivity index (χ4v) is 1.48. The second-order valence-corrected chi connectivity index (χ2v) is 3.79. The first kappa shape index (κ1) is 13.3. The van der Waals surface area contributed by atoms with Crippen molar-refractivity contribution in [1.82, 2.24) is 4.90 Å². The number of carbonyl (C=O) groups is 1. The molecule has 0 heterocycles. The van der Waals surface area contributed by atoms with E-state index < -0.39 is 5.97 Å². The third kappa shape index (κ3) is 5.17. The van der Waals surface area contributed by atoms with Crippen LogP contribution in [0, 0.1) is 0 Å². The molecule has 1 aromatic rings. The zero-order chi connectivity index (χ0) is 12.7. The van der Waals surface area contributed by atoms with Crippen LogP contribution in [0.25, 0.3) is 0 Å². The van der Waals surface area contributed by atoms with E-state index >= 15 is 0 Å². The Morgan fingerprint density at radius 3 is 2.94 bits per heavy atom. The van der Waals surface area contributed by atoms with Gasteiger partial charge in [0.25, 0.3) is 0 Å². The molecule has 0 fully saturated rings. The summed E-state index contributed by atoms with van der Waals surface area (Å²) in [6.07, 6.45) is 2.78. The van der Waals surface area contributed by atoms with Crippen LogP contribution < -0.4 is 4.74 Å². The zero-order valence-electron chi connectivity index (χ0n) is 10.1. The maximum atomic E-state index is 10.3. The van der Waals surface area contributed by atoms with Crippen LogP contribution in [0.3, 0.4) is 0 Å². The standard InChI is InChI=1S/C13H17NO3/c1-14(8-4-7-13(15)16)10-11-5-3-6-12(9-11)17-2/h3-7,9H,8,10H2,1-2H3,(H,15,16)/b7-4+. The zero-order valence-corrected chi connectivity index (χ0v) is 10.1. The van der Waals surface area contributed by atoms with Gasteiger partial charge in [0.1, 0.15) is 5.75 Å². The quantitative estimate of drug-likeness (QED) is 0.763. The van der Waals surface area contributed by atoms with Gasteiger partial charge in [0.2, 0.25) is 0 Å². The molecular formula is C13H17NO3. The third-order valence-corrected chi connectivity index (χ3v) is 2.26. The van der Waals surface area contributed by atoms with E-state index in [1.54, 1.807) is 13.2 Å². The van der Waals surface area contributed by atoms with Crippen LogP contribution in [0.2, 0.25) is 0 Å². The van der Waals surface area contributed by atoms with Gasteiger partial charge < -0.3 is 9.84 Å². The number of ether oxygens (including phenoxy) is 1. The molecule has 0 aromatic heterocycles. The summed E-state index contributed by atoms with van der Waals surface area (Å²) in [5.41, 5.74) is 1.13. The van der Waals surface area contributed by atoms with E-state index in [0.717, 1.165) is 23.9 Å². The van der Waals surface area contributed by atoms with E-state index in [2.05, 4.69) is 0 Å². The van der Waals surface area contributed by atoms with Crippen molar-refractivity contribution < 1.29 is 14.6 Å². The van der Waals surface area contributed by atoms with Gasteiger partial charge in [-0.1, -0.05) is 18.2 Å². The van der Waals surface area contributed by atoms with Crippen LogP contribution in [0.15, 0.2) is 36.4 Å². The maximum absolute atomic E-state index is 10.3. The Kier molecular flexibility index (Phi) is 5.23. The van der Waals surface area contributed by atoms with E-state index in [-0.39, 0.29) is 0 Å². The minimum atomic E-state index is -0.917. The van der Waals surface area contributed by atoms with E-state index in [4.69, 9.17) is 9.84 Å². The molecule has 0 aliphatic carbocycles. The van der Waals surface area contributed by atoms with Gasteiger partial charge in [0.15, 0.2) is 0 Å². The highest BCUT2D eigenvalue weighted by Crippen LogP contribution is 2.13. The predicted octanol–water partition coefficient (Wildman–Crippen LogP) is 1.77. The molecule has 0 bridgehead atoms. The summed E-state index contributed by atoms with van der Waals surface area (Å²) in [5.74, 6) is -0.0863. The summed E-state index contributed by atoms with van der Waals surface area (Å²) in [6, 6.07) is 7.82. The predicted molar refractivity (Wildman–Crippen MR) is 66.1 cm³/mol. The highest BCUT2D eigenvalue weighted by atomic mass is 16.5. The van der Waals surface area contributed by atoms with E-state index in [1.807, 2.05) is 36.2 Å². The number of aliphatic carboxylic acids is 1. The number of carboxylic acids is 1. The summed E-state index contributed by atoms with van der Waals surface area (Å²) in [7, 11) is 3.57. The molecule has 0 aliphatic heterocycles. The molecule has 0 atom stereocenters. The number of carboxylic acid groups (broad SMARTS) is 1. The van der Waals surface area contributed by atoms with E-state index in [9.17, 15) is 4.79 Å². The molecule has 0 amide bonds. The first-order valence-electron chi connectivity index (χ1n) is 5.32. The third-order valence-electron chi connectivity index (χ3n) is 2.26. The topological polar surface area (TPSA) is 49.8 Å². The Morgan fingerprint density at radius 1 is 1.53 bits per heavy atom. The smallest absolute Gasteiger partial charge is 0.328 e. The van der Waals surface area contributed by atoms with E-state index in [1.165, 1.54) is 0 Å². The average molecular weight is 235 g/mol. The summed E-state index contributed by atoms with van der Waals surface area (Å²) in [4.78, 5) is 12.3. The molecule has 4 heteroatoms. The van der Waals surface area contributed by atoms with Gasteiger partial charge in [-0.05, 0) is 24.7 Å². The van der Waals surface area contributed by atoms with Crippen molar-refractivity contribution >= 4 is 5.97 Å². The highest BCUT2D eigenvalue weighted by molar-refractivity contribution is 5.79. The Hall–Kier alpha value is -1.81. The van der Waals surface area contributed by atoms with Gasteiger partial charge >= 0.3 is 5.97 Å². The molecule has 0 spiro atoms. The molecule has 1 aromatic carbocycles. The first-order valence-corrected chi connectivity index (χ1v) is 5.32. The summed E-state index contributed by atoms with van der Waals surface area (Å²) < 4.78 is 5.14. The first-order chi connectivity index (χ1) is 8.11. The lowest BCUT2D eigenvalue weighted by Crippen LogP contribution is -2.17.